The monoisotopic (exact) mass is 298 g/mol. The van der Waals surface area contributed by atoms with Gasteiger partial charge in [0.1, 0.15) is 5.75 Å². The molecule has 0 unspecified atom stereocenters. The number of benzene rings is 2. The van der Waals surface area contributed by atoms with Crippen LogP contribution in [0.4, 0.5) is 11.6 Å². The molecule has 0 amide bonds. The number of aromatic amines is 1. The number of anilines is 1. The van der Waals surface area contributed by atoms with Gasteiger partial charge in [-0.25, -0.2) is 4.98 Å². The van der Waals surface area contributed by atoms with Gasteiger partial charge in [-0.15, -0.1) is 0 Å². The first kappa shape index (κ1) is 13.9. The van der Waals surface area contributed by atoms with E-state index in [1.54, 1.807) is 6.07 Å². The quantitative estimate of drug-likeness (QED) is 0.557. The van der Waals surface area contributed by atoms with Crippen LogP contribution in [-0.4, -0.2) is 22.0 Å². The number of nitrogens with one attached hydrogen (secondary N) is 2. The zero-order valence-electron chi connectivity index (χ0n) is 11.9. The Bertz CT molecular complexity index is 796. The number of nitro groups is 1. The molecule has 0 saturated carbocycles. The molecule has 7 heteroatoms. The third-order valence-corrected chi connectivity index (χ3v) is 3.31. The van der Waals surface area contributed by atoms with E-state index >= 15 is 0 Å². The van der Waals surface area contributed by atoms with Gasteiger partial charge in [-0.1, -0.05) is 12.1 Å². The Kier molecular flexibility index (Phi) is 3.61. The lowest BCUT2D eigenvalue weighted by atomic mass is 10.2. The molecule has 0 fully saturated rings. The minimum Gasteiger partial charge on any atom is -0.496 e. The fourth-order valence-electron chi connectivity index (χ4n) is 2.23. The van der Waals surface area contributed by atoms with Crippen LogP contribution in [0, 0.1) is 10.1 Å². The molecule has 0 aliphatic heterocycles. The highest BCUT2D eigenvalue weighted by Crippen LogP contribution is 2.25. The summed E-state index contributed by atoms with van der Waals surface area (Å²) in [5.74, 6) is 1.20. The molecule has 0 spiro atoms. The Morgan fingerprint density at radius 2 is 2.14 bits per heavy atom. The fraction of sp³-hybridized carbons (Fsp3) is 0.133. The molecule has 2 N–H and O–H groups in total. The molecule has 0 aliphatic carbocycles. The Hall–Kier alpha value is -3.09. The summed E-state index contributed by atoms with van der Waals surface area (Å²) in [6.45, 7) is 0.366. The summed E-state index contributed by atoms with van der Waals surface area (Å²) in [6.07, 6.45) is 0. The van der Waals surface area contributed by atoms with E-state index in [1.807, 2.05) is 24.3 Å². The van der Waals surface area contributed by atoms with E-state index < -0.39 is 4.92 Å². The molecule has 1 heterocycles. The zero-order valence-corrected chi connectivity index (χ0v) is 11.9. The molecule has 7 nitrogen and oxygen atoms in total. The van der Waals surface area contributed by atoms with Crippen molar-refractivity contribution in [3.63, 3.8) is 0 Å². The van der Waals surface area contributed by atoms with E-state index in [9.17, 15) is 10.1 Å². The lowest BCUT2D eigenvalue weighted by Gasteiger charge is -2.08. The lowest BCUT2D eigenvalue weighted by molar-refractivity contribution is -0.384. The fourth-order valence-corrected chi connectivity index (χ4v) is 2.23. The van der Waals surface area contributed by atoms with Crippen molar-refractivity contribution >= 4 is 22.7 Å². The highest BCUT2D eigenvalue weighted by atomic mass is 16.6. The predicted molar refractivity (Wildman–Crippen MR) is 83.1 cm³/mol. The summed E-state index contributed by atoms with van der Waals surface area (Å²) in [6, 6.07) is 12.2. The number of imidazole rings is 1. The first-order chi connectivity index (χ1) is 10.7. The smallest absolute Gasteiger partial charge is 0.270 e. The molecule has 112 valence electrons. The van der Waals surface area contributed by atoms with Crippen LogP contribution in [0.15, 0.2) is 42.5 Å². The molecule has 1 aromatic heterocycles. The van der Waals surface area contributed by atoms with Gasteiger partial charge in [-0.05, 0) is 18.2 Å². The SMILES string of the molecule is COc1ccc([N+](=O)[O-])cc1CNc1nc2ccccc2[nH]1. The molecule has 22 heavy (non-hydrogen) atoms. The Morgan fingerprint density at radius 3 is 2.86 bits per heavy atom. The Morgan fingerprint density at radius 1 is 1.32 bits per heavy atom. The van der Waals surface area contributed by atoms with Crippen LogP contribution in [0.25, 0.3) is 11.0 Å². The number of rotatable bonds is 5. The largest absolute Gasteiger partial charge is 0.496 e. The summed E-state index contributed by atoms with van der Waals surface area (Å²) in [7, 11) is 1.53. The highest BCUT2D eigenvalue weighted by Gasteiger charge is 2.11. The summed E-state index contributed by atoms with van der Waals surface area (Å²) >= 11 is 0. The molecule has 0 radical (unpaired) electrons. The topological polar surface area (TPSA) is 93.1 Å². The van der Waals surface area contributed by atoms with Gasteiger partial charge in [0.2, 0.25) is 5.95 Å². The van der Waals surface area contributed by atoms with Crippen molar-refractivity contribution in [2.45, 2.75) is 6.54 Å². The van der Waals surface area contributed by atoms with Crippen molar-refractivity contribution in [2.24, 2.45) is 0 Å². The molecule has 3 aromatic rings. The molecule has 0 aliphatic rings. The van der Waals surface area contributed by atoms with Gasteiger partial charge in [0.25, 0.3) is 5.69 Å². The van der Waals surface area contributed by atoms with Crippen LogP contribution in [0.2, 0.25) is 0 Å². The average Bonchev–Trinajstić information content (AvgIpc) is 2.95. The predicted octanol–water partition coefficient (Wildman–Crippen LogP) is 3.09. The Labute approximate surface area is 126 Å². The minimum atomic E-state index is -0.426. The zero-order chi connectivity index (χ0) is 15.5. The van der Waals surface area contributed by atoms with Crippen LogP contribution >= 0.6 is 0 Å². The molecule has 3 rings (SSSR count). The van der Waals surface area contributed by atoms with E-state index in [1.165, 1.54) is 19.2 Å². The van der Waals surface area contributed by atoms with E-state index in [-0.39, 0.29) is 5.69 Å². The van der Waals surface area contributed by atoms with Gasteiger partial charge in [0.05, 0.1) is 23.1 Å². The molecule has 2 aromatic carbocycles. The maximum atomic E-state index is 10.9. The number of non-ortho nitro benzene ring substituents is 1. The number of methoxy groups -OCH3 is 1. The third kappa shape index (κ3) is 2.69. The van der Waals surface area contributed by atoms with E-state index in [2.05, 4.69) is 15.3 Å². The summed E-state index contributed by atoms with van der Waals surface area (Å²) in [4.78, 5) is 18.0. The van der Waals surface area contributed by atoms with Crippen LogP contribution in [0.1, 0.15) is 5.56 Å². The van der Waals surface area contributed by atoms with Crippen molar-refractivity contribution < 1.29 is 9.66 Å². The number of fused-ring (bicyclic) bond motifs is 1. The number of ether oxygens (including phenoxy) is 1. The number of aromatic nitrogens is 2. The second-order valence-electron chi connectivity index (χ2n) is 4.71. The highest BCUT2D eigenvalue weighted by molar-refractivity contribution is 5.77. The second-order valence-corrected chi connectivity index (χ2v) is 4.71. The lowest BCUT2D eigenvalue weighted by Crippen LogP contribution is -2.03. The van der Waals surface area contributed by atoms with Crippen molar-refractivity contribution in [3.8, 4) is 5.75 Å². The maximum absolute atomic E-state index is 10.9. The van der Waals surface area contributed by atoms with Crippen LogP contribution in [-0.2, 0) is 6.54 Å². The molecular formula is C15H14N4O3. The number of para-hydroxylation sites is 2. The van der Waals surface area contributed by atoms with Crippen molar-refractivity contribution in [1.82, 2.24) is 9.97 Å². The van der Waals surface area contributed by atoms with Crippen LogP contribution in [0.3, 0.4) is 0 Å². The first-order valence-electron chi connectivity index (χ1n) is 6.67. The van der Waals surface area contributed by atoms with E-state index in [0.717, 1.165) is 11.0 Å². The van der Waals surface area contributed by atoms with Gasteiger partial charge in [-0.2, -0.15) is 0 Å². The van der Waals surface area contributed by atoms with Gasteiger partial charge in [0.15, 0.2) is 0 Å². The van der Waals surface area contributed by atoms with E-state index in [4.69, 9.17) is 4.74 Å². The van der Waals surface area contributed by atoms with Crippen LogP contribution in [0.5, 0.6) is 5.75 Å². The number of nitrogens with zero attached hydrogens (tertiary/aromatic N) is 2. The summed E-state index contributed by atoms with van der Waals surface area (Å²) in [5.41, 5.74) is 2.51. The Balaban J connectivity index is 1.83. The third-order valence-electron chi connectivity index (χ3n) is 3.31. The van der Waals surface area contributed by atoms with Gasteiger partial charge >= 0.3 is 0 Å². The summed E-state index contributed by atoms with van der Waals surface area (Å²) in [5, 5.41) is 14.0. The minimum absolute atomic E-state index is 0.0298. The average molecular weight is 298 g/mol. The molecule has 0 saturated heterocycles. The first-order valence-corrected chi connectivity index (χ1v) is 6.67. The maximum Gasteiger partial charge on any atom is 0.270 e. The number of H-pyrrole nitrogens is 1. The summed E-state index contributed by atoms with van der Waals surface area (Å²) < 4.78 is 5.23. The molecule has 0 atom stereocenters. The molecule has 0 bridgehead atoms. The standard InChI is InChI=1S/C15H14N4O3/c1-22-14-7-6-11(19(20)21)8-10(14)9-16-15-17-12-4-2-3-5-13(12)18-15/h2-8H,9H2,1H3,(H2,16,17,18). The van der Waals surface area contributed by atoms with Crippen molar-refractivity contribution in [3.05, 3.63) is 58.1 Å². The van der Waals surface area contributed by atoms with Crippen molar-refractivity contribution in [1.29, 1.82) is 0 Å². The number of hydrogen-bond donors (Lipinski definition) is 2. The normalized spacial score (nSPS) is 10.6. The van der Waals surface area contributed by atoms with Crippen molar-refractivity contribution in [2.75, 3.05) is 12.4 Å². The van der Waals surface area contributed by atoms with Crippen LogP contribution < -0.4 is 10.1 Å². The van der Waals surface area contributed by atoms with E-state index in [0.29, 0.717) is 23.8 Å². The second kappa shape index (κ2) is 5.72. The van der Waals surface area contributed by atoms with Gasteiger partial charge in [0, 0.05) is 24.2 Å². The number of nitro benzene ring substituents is 1. The number of hydrogen-bond acceptors (Lipinski definition) is 5. The van der Waals surface area contributed by atoms with Gasteiger partial charge in [-0.3, -0.25) is 10.1 Å². The van der Waals surface area contributed by atoms with Gasteiger partial charge < -0.3 is 15.0 Å². The molecular weight excluding hydrogens is 284 g/mol.